The van der Waals surface area contributed by atoms with Gasteiger partial charge in [0.2, 0.25) is 0 Å². The van der Waals surface area contributed by atoms with Crippen molar-refractivity contribution in [2.45, 2.75) is 45.2 Å². The molecule has 1 N–H and O–H groups in total. The van der Waals surface area contributed by atoms with Crippen LogP contribution in [0.15, 0.2) is 42.7 Å². The molecule has 0 bridgehead atoms. The number of hydrogen-bond donors (Lipinski definition) is 1. The Labute approximate surface area is 121 Å². The molecule has 1 aromatic heterocycles. The van der Waals surface area contributed by atoms with Gasteiger partial charge in [-0.05, 0) is 36.5 Å². The van der Waals surface area contributed by atoms with E-state index < -0.39 is 0 Å². The summed E-state index contributed by atoms with van der Waals surface area (Å²) >= 11 is 0. The van der Waals surface area contributed by atoms with E-state index >= 15 is 0 Å². The Morgan fingerprint density at radius 3 is 2.95 bits per heavy atom. The zero-order valence-corrected chi connectivity index (χ0v) is 12.1. The normalized spacial score (nSPS) is 22.2. The minimum Gasteiger partial charge on any atom is -0.310 e. The van der Waals surface area contributed by atoms with Crippen LogP contribution in [-0.2, 0) is 6.54 Å². The van der Waals surface area contributed by atoms with E-state index in [0.717, 1.165) is 12.5 Å². The third-order valence-corrected chi connectivity index (χ3v) is 4.48. The molecule has 2 aromatic rings. The second-order valence-electron chi connectivity index (χ2n) is 5.67. The Morgan fingerprint density at radius 1 is 1.25 bits per heavy atom. The van der Waals surface area contributed by atoms with Crippen LogP contribution in [-0.4, -0.2) is 15.8 Å². The summed E-state index contributed by atoms with van der Waals surface area (Å²) < 4.78 is 1.95. The molecule has 1 aromatic carbocycles. The minimum absolute atomic E-state index is 0.686. The Bertz CT molecular complexity index is 533. The van der Waals surface area contributed by atoms with Crippen molar-refractivity contribution in [1.82, 2.24) is 15.1 Å². The highest BCUT2D eigenvalue weighted by atomic mass is 15.3. The molecule has 20 heavy (non-hydrogen) atoms. The number of nitrogens with zero attached hydrogens (tertiary/aromatic N) is 2. The maximum Gasteiger partial charge on any atom is 0.0690 e. The van der Waals surface area contributed by atoms with Crippen LogP contribution in [0.2, 0.25) is 0 Å². The molecule has 2 atom stereocenters. The molecule has 3 rings (SSSR count). The van der Waals surface area contributed by atoms with Gasteiger partial charge in [0.05, 0.1) is 5.69 Å². The van der Waals surface area contributed by atoms with Gasteiger partial charge in [0.25, 0.3) is 0 Å². The highest BCUT2D eigenvalue weighted by molar-refractivity contribution is 5.40. The van der Waals surface area contributed by atoms with Crippen LogP contribution in [0.5, 0.6) is 0 Å². The van der Waals surface area contributed by atoms with E-state index in [2.05, 4.69) is 41.6 Å². The van der Waals surface area contributed by atoms with Crippen molar-refractivity contribution in [3.05, 3.63) is 48.3 Å². The summed E-state index contributed by atoms with van der Waals surface area (Å²) in [6, 6.07) is 11.2. The van der Waals surface area contributed by atoms with Crippen molar-refractivity contribution >= 4 is 0 Å². The van der Waals surface area contributed by atoms with Gasteiger partial charge in [-0.15, -0.1) is 0 Å². The summed E-state index contributed by atoms with van der Waals surface area (Å²) in [6.45, 7) is 3.24. The van der Waals surface area contributed by atoms with Crippen LogP contribution in [0.25, 0.3) is 5.69 Å². The highest BCUT2D eigenvalue weighted by Crippen LogP contribution is 2.28. The van der Waals surface area contributed by atoms with Gasteiger partial charge in [-0.3, -0.25) is 0 Å². The van der Waals surface area contributed by atoms with Crippen molar-refractivity contribution < 1.29 is 0 Å². The quantitative estimate of drug-likeness (QED) is 0.899. The molecule has 0 saturated heterocycles. The number of rotatable bonds is 5. The minimum atomic E-state index is 0.686. The average molecular weight is 269 g/mol. The molecule has 3 heteroatoms. The lowest BCUT2D eigenvalue weighted by atomic mass is 10.0. The van der Waals surface area contributed by atoms with Gasteiger partial charge < -0.3 is 5.32 Å². The molecule has 0 aliphatic heterocycles. The first-order valence-corrected chi connectivity index (χ1v) is 7.69. The van der Waals surface area contributed by atoms with Gasteiger partial charge in [0.15, 0.2) is 0 Å². The lowest BCUT2D eigenvalue weighted by Crippen LogP contribution is -2.31. The zero-order valence-electron chi connectivity index (χ0n) is 12.1. The van der Waals surface area contributed by atoms with E-state index in [-0.39, 0.29) is 0 Å². The van der Waals surface area contributed by atoms with Crippen LogP contribution in [0, 0.1) is 5.92 Å². The largest absolute Gasteiger partial charge is 0.310 e. The molecule has 106 valence electrons. The van der Waals surface area contributed by atoms with Crippen LogP contribution in [0.4, 0.5) is 0 Å². The monoisotopic (exact) mass is 269 g/mol. The molecule has 0 amide bonds. The summed E-state index contributed by atoms with van der Waals surface area (Å²) in [5.41, 5.74) is 2.49. The first-order chi connectivity index (χ1) is 9.88. The van der Waals surface area contributed by atoms with E-state index in [9.17, 15) is 0 Å². The van der Waals surface area contributed by atoms with Gasteiger partial charge in [0, 0.05) is 25.0 Å². The Hall–Kier alpha value is -1.61. The molecule has 1 fully saturated rings. The third-order valence-electron chi connectivity index (χ3n) is 4.48. The second-order valence-corrected chi connectivity index (χ2v) is 5.67. The topological polar surface area (TPSA) is 29.9 Å². The number of benzene rings is 1. The Morgan fingerprint density at radius 2 is 2.15 bits per heavy atom. The fourth-order valence-corrected chi connectivity index (χ4v) is 3.33. The summed E-state index contributed by atoms with van der Waals surface area (Å²) in [5.74, 6) is 0.854. The highest BCUT2D eigenvalue weighted by Gasteiger charge is 2.25. The molecule has 1 heterocycles. The molecule has 0 radical (unpaired) electrons. The maximum absolute atomic E-state index is 4.35. The first-order valence-electron chi connectivity index (χ1n) is 7.69. The lowest BCUT2D eigenvalue weighted by Gasteiger charge is -2.20. The van der Waals surface area contributed by atoms with Crippen molar-refractivity contribution in [2.24, 2.45) is 5.92 Å². The molecular weight excluding hydrogens is 246 g/mol. The van der Waals surface area contributed by atoms with E-state index in [4.69, 9.17) is 0 Å². The number of nitrogens with one attached hydrogen (secondary N) is 1. The first kappa shape index (κ1) is 13.4. The fraction of sp³-hybridized carbons (Fsp3) is 0.471. The van der Waals surface area contributed by atoms with Crippen LogP contribution in [0.1, 0.15) is 38.2 Å². The summed E-state index contributed by atoms with van der Waals surface area (Å²) in [4.78, 5) is 0. The SMILES string of the molecule is CCC1CCCC1NCc1ccccc1-n1cccn1. The fourth-order valence-electron chi connectivity index (χ4n) is 3.33. The zero-order chi connectivity index (χ0) is 13.8. The standard InChI is InChI=1S/C17H23N3/c1-2-14-8-5-9-16(14)18-13-15-7-3-4-10-17(15)20-12-6-11-19-20/h3-4,6-7,10-12,14,16,18H,2,5,8-9,13H2,1H3. The lowest BCUT2D eigenvalue weighted by molar-refractivity contribution is 0.389. The Kier molecular flexibility index (Phi) is 4.16. The van der Waals surface area contributed by atoms with Gasteiger partial charge in [-0.1, -0.05) is 38.0 Å². The van der Waals surface area contributed by atoms with Crippen molar-refractivity contribution in [1.29, 1.82) is 0 Å². The smallest absolute Gasteiger partial charge is 0.0690 e. The van der Waals surface area contributed by atoms with E-state index in [1.807, 2.05) is 23.1 Å². The van der Waals surface area contributed by atoms with Gasteiger partial charge in [-0.25, -0.2) is 4.68 Å². The molecule has 2 unspecified atom stereocenters. The summed E-state index contributed by atoms with van der Waals surface area (Å²) in [7, 11) is 0. The molecule has 1 saturated carbocycles. The van der Waals surface area contributed by atoms with Gasteiger partial charge >= 0.3 is 0 Å². The third kappa shape index (κ3) is 2.78. The molecule has 0 spiro atoms. The van der Waals surface area contributed by atoms with Gasteiger partial charge in [0.1, 0.15) is 0 Å². The molecule has 1 aliphatic rings. The predicted molar refractivity (Wildman–Crippen MR) is 81.8 cm³/mol. The molecule has 1 aliphatic carbocycles. The van der Waals surface area contributed by atoms with Crippen LogP contribution in [0.3, 0.4) is 0 Å². The average Bonchev–Trinajstić information content (AvgIpc) is 3.16. The van der Waals surface area contributed by atoms with Crippen molar-refractivity contribution in [2.75, 3.05) is 0 Å². The van der Waals surface area contributed by atoms with Crippen molar-refractivity contribution in [3.8, 4) is 5.69 Å². The van der Waals surface area contributed by atoms with Crippen LogP contribution < -0.4 is 5.32 Å². The van der Waals surface area contributed by atoms with E-state index in [0.29, 0.717) is 6.04 Å². The maximum atomic E-state index is 4.35. The molecule has 3 nitrogen and oxygen atoms in total. The number of aromatic nitrogens is 2. The van der Waals surface area contributed by atoms with Crippen molar-refractivity contribution in [3.63, 3.8) is 0 Å². The number of hydrogen-bond acceptors (Lipinski definition) is 2. The Balaban J connectivity index is 1.72. The van der Waals surface area contributed by atoms with Crippen LogP contribution >= 0.6 is 0 Å². The summed E-state index contributed by atoms with van der Waals surface area (Å²) in [5, 5.41) is 8.11. The second kappa shape index (κ2) is 6.23. The predicted octanol–water partition coefficient (Wildman–Crippen LogP) is 3.54. The van der Waals surface area contributed by atoms with E-state index in [1.165, 1.54) is 36.9 Å². The summed E-state index contributed by atoms with van der Waals surface area (Å²) in [6.07, 6.45) is 9.20. The van der Waals surface area contributed by atoms with E-state index in [1.54, 1.807) is 0 Å². The molecular formula is C17H23N3. The van der Waals surface area contributed by atoms with Gasteiger partial charge in [-0.2, -0.15) is 5.10 Å². The number of para-hydroxylation sites is 1.